The van der Waals surface area contributed by atoms with Crippen LogP contribution in [0.15, 0.2) is 0 Å². The van der Waals surface area contributed by atoms with E-state index in [-0.39, 0.29) is 4.05 Å². The van der Waals surface area contributed by atoms with Gasteiger partial charge >= 0.3 is 0 Å². The molecule has 0 heterocycles. The lowest BCUT2D eigenvalue weighted by Gasteiger charge is -1.89. The van der Waals surface area contributed by atoms with E-state index >= 15 is 0 Å². The highest BCUT2D eigenvalue weighted by atomic mass is 127. The standard InChI is InChI=1S/C2H5BIN/c3-1-2(4)5/h2H,1,5H2. The number of halogens is 1. The van der Waals surface area contributed by atoms with Crippen LogP contribution in [0.5, 0.6) is 0 Å². The van der Waals surface area contributed by atoms with E-state index < -0.39 is 0 Å². The van der Waals surface area contributed by atoms with Crippen LogP contribution in [0.4, 0.5) is 0 Å². The Morgan fingerprint density at radius 3 is 2.20 bits per heavy atom. The maximum Gasteiger partial charge on any atom is 0.0684 e. The van der Waals surface area contributed by atoms with Crippen molar-refractivity contribution in [3.63, 3.8) is 0 Å². The minimum atomic E-state index is 0.132. The minimum Gasteiger partial charge on any atom is -0.320 e. The third-order valence-electron chi connectivity index (χ3n) is 0.225. The van der Waals surface area contributed by atoms with Crippen LogP contribution in [-0.4, -0.2) is 11.9 Å². The molecule has 1 unspecified atom stereocenters. The lowest BCUT2D eigenvalue weighted by Crippen LogP contribution is -2.08. The summed E-state index contributed by atoms with van der Waals surface area (Å²) >= 11 is 2.06. The highest BCUT2D eigenvalue weighted by molar-refractivity contribution is 14.1. The lowest BCUT2D eigenvalue weighted by atomic mass is 10.1. The van der Waals surface area contributed by atoms with Crippen LogP contribution in [-0.2, 0) is 0 Å². The van der Waals surface area contributed by atoms with Gasteiger partial charge in [-0.05, 0) is 0 Å². The third-order valence-corrected chi connectivity index (χ3v) is 0.734. The quantitative estimate of drug-likeness (QED) is 0.267. The first kappa shape index (κ1) is 5.75. The van der Waals surface area contributed by atoms with Crippen molar-refractivity contribution in [2.24, 2.45) is 5.73 Å². The second kappa shape index (κ2) is 2.97. The Balaban J connectivity index is 2.54. The number of alkyl halides is 1. The number of hydrogen-bond acceptors (Lipinski definition) is 1. The summed E-state index contributed by atoms with van der Waals surface area (Å²) in [4.78, 5) is 0. The van der Waals surface area contributed by atoms with Crippen molar-refractivity contribution in [1.29, 1.82) is 0 Å². The summed E-state index contributed by atoms with van der Waals surface area (Å²) in [6.07, 6.45) is 0.570. The van der Waals surface area contributed by atoms with E-state index in [2.05, 4.69) is 22.6 Å². The van der Waals surface area contributed by atoms with Crippen molar-refractivity contribution in [2.75, 3.05) is 0 Å². The number of hydrogen-bond donors (Lipinski definition) is 1. The van der Waals surface area contributed by atoms with Gasteiger partial charge in [0.05, 0.1) is 7.85 Å². The van der Waals surface area contributed by atoms with Crippen LogP contribution in [0.2, 0.25) is 6.32 Å². The molecule has 0 amide bonds. The van der Waals surface area contributed by atoms with Crippen molar-refractivity contribution in [3.05, 3.63) is 0 Å². The fraction of sp³-hybridized carbons (Fsp3) is 1.00. The van der Waals surface area contributed by atoms with Crippen molar-refractivity contribution < 1.29 is 0 Å². The molecule has 0 rings (SSSR count). The smallest absolute Gasteiger partial charge is 0.0684 e. The number of rotatable bonds is 1. The molecule has 1 atom stereocenters. The topological polar surface area (TPSA) is 26.0 Å². The van der Waals surface area contributed by atoms with E-state index in [1.54, 1.807) is 0 Å². The summed E-state index contributed by atoms with van der Waals surface area (Å²) < 4.78 is 0.132. The largest absolute Gasteiger partial charge is 0.320 e. The molecule has 0 bridgehead atoms. The summed E-state index contributed by atoms with van der Waals surface area (Å²) in [6.45, 7) is 0. The first-order chi connectivity index (χ1) is 2.27. The molecule has 2 radical (unpaired) electrons. The van der Waals surface area contributed by atoms with Gasteiger partial charge in [0.15, 0.2) is 0 Å². The Morgan fingerprint density at radius 1 is 2.00 bits per heavy atom. The van der Waals surface area contributed by atoms with Crippen molar-refractivity contribution >= 4 is 30.4 Å². The Hall–Kier alpha value is 0.755. The fourth-order valence-corrected chi connectivity index (χ4v) is 0. The zero-order chi connectivity index (χ0) is 4.28. The van der Waals surface area contributed by atoms with Crippen LogP contribution >= 0.6 is 22.6 Å². The predicted molar refractivity (Wildman–Crippen MR) is 32.6 cm³/mol. The lowest BCUT2D eigenvalue weighted by molar-refractivity contribution is 1.09. The van der Waals surface area contributed by atoms with Gasteiger partial charge in [0.2, 0.25) is 0 Å². The van der Waals surface area contributed by atoms with Gasteiger partial charge in [0.25, 0.3) is 0 Å². The van der Waals surface area contributed by atoms with Crippen molar-refractivity contribution in [1.82, 2.24) is 0 Å². The first-order valence-corrected chi connectivity index (χ1v) is 2.61. The molecule has 28 valence electrons. The molecule has 1 nitrogen and oxygen atoms in total. The average molecular weight is 181 g/mol. The molecule has 0 saturated carbocycles. The second-order valence-corrected chi connectivity index (χ2v) is 2.35. The highest BCUT2D eigenvalue weighted by Gasteiger charge is 1.82. The summed E-state index contributed by atoms with van der Waals surface area (Å²) in [5, 5.41) is 0. The maximum atomic E-state index is 5.15. The summed E-state index contributed by atoms with van der Waals surface area (Å²) in [7, 11) is 5.04. The van der Waals surface area contributed by atoms with Crippen LogP contribution in [0.3, 0.4) is 0 Å². The molecule has 0 aliphatic heterocycles. The van der Waals surface area contributed by atoms with Gasteiger partial charge < -0.3 is 5.73 Å². The van der Waals surface area contributed by atoms with Gasteiger partial charge in [0.1, 0.15) is 0 Å². The molecule has 0 fully saturated rings. The van der Waals surface area contributed by atoms with Crippen LogP contribution in [0, 0.1) is 0 Å². The summed E-state index contributed by atoms with van der Waals surface area (Å²) in [6, 6.07) is 0. The number of nitrogens with two attached hydrogens (primary N) is 1. The Labute approximate surface area is 46.9 Å². The van der Waals surface area contributed by atoms with Gasteiger partial charge in [-0.1, -0.05) is 28.9 Å². The zero-order valence-electron chi connectivity index (χ0n) is 2.82. The van der Waals surface area contributed by atoms with Gasteiger partial charge in [-0.3, -0.25) is 0 Å². The predicted octanol–water partition coefficient (Wildman–Crippen LogP) is 0.293. The summed E-state index contributed by atoms with van der Waals surface area (Å²) in [5.41, 5.74) is 5.15. The van der Waals surface area contributed by atoms with Gasteiger partial charge in [0, 0.05) is 4.05 Å². The van der Waals surface area contributed by atoms with E-state index in [1.807, 2.05) is 0 Å². The summed E-state index contributed by atoms with van der Waals surface area (Å²) in [5.74, 6) is 0. The molecular formula is C2H5BIN. The fourth-order valence-electron chi connectivity index (χ4n) is 0. The van der Waals surface area contributed by atoms with Crippen molar-refractivity contribution in [2.45, 2.75) is 10.4 Å². The SMILES string of the molecule is [B]CC(N)I. The molecular weight excluding hydrogens is 176 g/mol. The zero-order valence-corrected chi connectivity index (χ0v) is 4.97. The van der Waals surface area contributed by atoms with Crippen LogP contribution in [0.25, 0.3) is 0 Å². The molecule has 0 aromatic rings. The normalized spacial score (nSPS) is 14.8. The van der Waals surface area contributed by atoms with Gasteiger partial charge in [-0.15, -0.1) is 0 Å². The minimum absolute atomic E-state index is 0.132. The van der Waals surface area contributed by atoms with E-state index in [0.29, 0.717) is 6.32 Å². The second-order valence-electron chi connectivity index (χ2n) is 0.752. The molecule has 5 heavy (non-hydrogen) atoms. The molecule has 0 aromatic heterocycles. The van der Waals surface area contributed by atoms with Gasteiger partial charge in [-0.25, -0.2) is 0 Å². The molecule has 0 aliphatic carbocycles. The molecule has 2 N–H and O–H groups in total. The van der Waals surface area contributed by atoms with E-state index in [9.17, 15) is 0 Å². The van der Waals surface area contributed by atoms with E-state index in [4.69, 9.17) is 13.6 Å². The van der Waals surface area contributed by atoms with Crippen LogP contribution in [0.1, 0.15) is 0 Å². The Bertz CT molecular complexity index is 23.6. The third kappa shape index (κ3) is 4.75. The molecule has 0 aliphatic rings. The van der Waals surface area contributed by atoms with E-state index in [0.717, 1.165) is 0 Å². The van der Waals surface area contributed by atoms with Crippen LogP contribution < -0.4 is 5.73 Å². The van der Waals surface area contributed by atoms with E-state index in [1.165, 1.54) is 0 Å². The highest BCUT2D eigenvalue weighted by Crippen LogP contribution is 1.91. The monoisotopic (exact) mass is 181 g/mol. The van der Waals surface area contributed by atoms with Gasteiger partial charge in [-0.2, -0.15) is 0 Å². The molecule has 3 heteroatoms. The first-order valence-electron chi connectivity index (χ1n) is 1.37. The molecule has 0 spiro atoms. The molecule has 0 saturated heterocycles. The van der Waals surface area contributed by atoms with Crippen molar-refractivity contribution in [3.8, 4) is 0 Å². The Kier molecular flexibility index (Phi) is 3.41. The maximum absolute atomic E-state index is 5.15. The molecule has 0 aromatic carbocycles. The average Bonchev–Trinajstić information content (AvgIpc) is 1.38. The Morgan fingerprint density at radius 2 is 2.20 bits per heavy atom.